The van der Waals surface area contributed by atoms with E-state index in [9.17, 15) is 32.6 Å². The molecule has 1 aromatic carbocycles. The largest absolute Gasteiger partial charge is 0.471 e. The average Bonchev–Trinajstić information content (AvgIpc) is 2.60. The van der Waals surface area contributed by atoms with Crippen LogP contribution in [-0.4, -0.2) is 34.4 Å². The van der Waals surface area contributed by atoms with Gasteiger partial charge < -0.3 is 15.5 Å². The van der Waals surface area contributed by atoms with Crippen LogP contribution in [-0.2, 0) is 4.79 Å². The monoisotopic (exact) mass is 389 g/mol. The zero-order valence-corrected chi connectivity index (χ0v) is 14.7. The van der Waals surface area contributed by atoms with Crippen LogP contribution in [0.25, 0.3) is 6.08 Å². The van der Waals surface area contributed by atoms with E-state index >= 15 is 0 Å². The normalized spacial score (nSPS) is 18.4. The zero-order chi connectivity index (χ0) is 20.1. The number of aliphatic hydroxyl groups excluding tert-OH is 1. The molecule has 1 aromatic rings. The lowest BCUT2D eigenvalue weighted by Gasteiger charge is -2.28. The summed E-state index contributed by atoms with van der Waals surface area (Å²) < 4.78 is 51.0. The van der Waals surface area contributed by atoms with Crippen molar-refractivity contribution in [3.05, 3.63) is 41.2 Å². The second-order valence-corrected chi connectivity index (χ2v) is 6.81. The molecule has 0 saturated heterocycles. The van der Waals surface area contributed by atoms with Gasteiger partial charge in [-0.3, -0.25) is 4.79 Å². The highest BCUT2D eigenvalue weighted by molar-refractivity contribution is 5.81. The Morgan fingerprint density at radius 2 is 1.93 bits per heavy atom. The summed E-state index contributed by atoms with van der Waals surface area (Å²) in [5.41, 5.74) is -0.875. The highest BCUT2D eigenvalue weighted by Gasteiger charge is 2.38. The first-order chi connectivity index (χ1) is 12.6. The third-order valence-corrected chi connectivity index (χ3v) is 4.67. The molecule has 0 aliphatic heterocycles. The number of nitrogens with one attached hydrogen (secondary N) is 1. The molecule has 1 aliphatic carbocycles. The SMILES string of the molecule is O=C(NCCC(O)c1cccc(C=CC2(O)CCCCC2)c1F)C(F)(F)F. The summed E-state index contributed by atoms with van der Waals surface area (Å²) in [4.78, 5) is 10.7. The number of hydrogen-bond acceptors (Lipinski definition) is 3. The maximum atomic E-state index is 14.6. The van der Waals surface area contributed by atoms with Gasteiger partial charge in [0.25, 0.3) is 0 Å². The first-order valence-electron chi connectivity index (χ1n) is 8.85. The molecule has 0 heterocycles. The predicted octanol–water partition coefficient (Wildman–Crippen LogP) is 3.64. The first kappa shape index (κ1) is 21.4. The number of amides is 1. The van der Waals surface area contributed by atoms with Gasteiger partial charge in [0.15, 0.2) is 0 Å². The van der Waals surface area contributed by atoms with Crippen molar-refractivity contribution >= 4 is 12.0 Å². The number of halogens is 4. The van der Waals surface area contributed by atoms with Gasteiger partial charge in [-0.15, -0.1) is 0 Å². The molecule has 0 radical (unpaired) electrons. The van der Waals surface area contributed by atoms with E-state index in [2.05, 4.69) is 0 Å². The van der Waals surface area contributed by atoms with E-state index in [1.807, 2.05) is 0 Å². The van der Waals surface area contributed by atoms with Gasteiger partial charge in [0.2, 0.25) is 0 Å². The van der Waals surface area contributed by atoms with Gasteiger partial charge in [0.05, 0.1) is 11.7 Å². The molecule has 2 rings (SSSR count). The first-order valence-corrected chi connectivity index (χ1v) is 8.85. The molecule has 150 valence electrons. The smallest absolute Gasteiger partial charge is 0.388 e. The third-order valence-electron chi connectivity index (χ3n) is 4.67. The number of alkyl halides is 3. The fraction of sp³-hybridized carbons (Fsp3) is 0.526. The molecule has 8 heteroatoms. The lowest BCUT2D eigenvalue weighted by atomic mass is 9.84. The molecule has 1 fully saturated rings. The van der Waals surface area contributed by atoms with Crippen LogP contribution in [0.3, 0.4) is 0 Å². The molecular weight excluding hydrogens is 366 g/mol. The van der Waals surface area contributed by atoms with Crippen LogP contribution >= 0.6 is 0 Å². The van der Waals surface area contributed by atoms with Crippen molar-refractivity contribution < 1.29 is 32.6 Å². The molecule has 1 amide bonds. The Kier molecular flexibility index (Phi) is 7.00. The highest BCUT2D eigenvalue weighted by atomic mass is 19.4. The zero-order valence-electron chi connectivity index (χ0n) is 14.7. The summed E-state index contributed by atoms with van der Waals surface area (Å²) in [6.07, 6.45) is 0.431. The topological polar surface area (TPSA) is 69.6 Å². The van der Waals surface area contributed by atoms with E-state index < -0.39 is 36.2 Å². The molecule has 0 aromatic heterocycles. The molecule has 1 atom stereocenters. The highest BCUT2D eigenvalue weighted by Crippen LogP contribution is 2.30. The van der Waals surface area contributed by atoms with Crippen molar-refractivity contribution in [1.29, 1.82) is 0 Å². The Labute approximate surface area is 154 Å². The summed E-state index contributed by atoms with van der Waals surface area (Å²) in [6, 6.07) is 4.33. The Balaban J connectivity index is 2.01. The Morgan fingerprint density at radius 1 is 1.26 bits per heavy atom. The van der Waals surface area contributed by atoms with Gasteiger partial charge in [0.1, 0.15) is 5.82 Å². The minimum Gasteiger partial charge on any atom is -0.388 e. The number of carbonyl (C=O) groups excluding carboxylic acids is 1. The van der Waals surface area contributed by atoms with Gasteiger partial charge in [0, 0.05) is 17.7 Å². The standard InChI is InChI=1S/C19H23F4NO3/c20-16-13(7-11-18(27)9-2-1-3-10-18)5-4-6-14(16)15(25)8-12-24-17(26)19(21,22)23/h4-7,11,15,25,27H,1-3,8-10,12H2,(H,24,26). The van der Waals surface area contributed by atoms with Crippen LogP contribution in [0.2, 0.25) is 0 Å². The summed E-state index contributed by atoms with van der Waals surface area (Å²) in [5, 5.41) is 22.1. The van der Waals surface area contributed by atoms with Crippen LogP contribution in [0.15, 0.2) is 24.3 Å². The van der Waals surface area contributed by atoms with Crippen LogP contribution in [0.4, 0.5) is 17.6 Å². The van der Waals surface area contributed by atoms with Crippen LogP contribution in [0, 0.1) is 5.82 Å². The van der Waals surface area contributed by atoms with E-state index in [-0.39, 0.29) is 17.5 Å². The van der Waals surface area contributed by atoms with Gasteiger partial charge in [-0.1, -0.05) is 49.6 Å². The number of carbonyl (C=O) groups is 1. The predicted molar refractivity (Wildman–Crippen MR) is 92.1 cm³/mol. The molecule has 1 saturated carbocycles. The number of rotatable bonds is 6. The number of hydrogen-bond donors (Lipinski definition) is 3. The second kappa shape index (κ2) is 8.84. The van der Waals surface area contributed by atoms with Gasteiger partial charge in [-0.05, 0) is 19.3 Å². The molecule has 27 heavy (non-hydrogen) atoms. The second-order valence-electron chi connectivity index (χ2n) is 6.81. The van der Waals surface area contributed by atoms with Crippen molar-refractivity contribution in [3.63, 3.8) is 0 Å². The summed E-state index contributed by atoms with van der Waals surface area (Å²) >= 11 is 0. The number of benzene rings is 1. The minimum atomic E-state index is -5.00. The molecular formula is C19H23F4NO3. The third kappa shape index (κ3) is 6.04. The Morgan fingerprint density at radius 3 is 2.56 bits per heavy atom. The van der Waals surface area contributed by atoms with E-state index in [4.69, 9.17) is 0 Å². The fourth-order valence-corrected chi connectivity index (χ4v) is 3.11. The molecule has 0 spiro atoms. The number of aliphatic hydroxyl groups is 2. The lowest BCUT2D eigenvalue weighted by molar-refractivity contribution is -0.173. The fourth-order valence-electron chi connectivity index (χ4n) is 3.11. The van der Waals surface area contributed by atoms with Gasteiger partial charge >= 0.3 is 12.1 Å². The van der Waals surface area contributed by atoms with Crippen molar-refractivity contribution in [2.24, 2.45) is 0 Å². The maximum absolute atomic E-state index is 14.6. The van der Waals surface area contributed by atoms with Crippen LogP contribution in [0.1, 0.15) is 55.8 Å². The van der Waals surface area contributed by atoms with Crippen molar-refractivity contribution in [3.8, 4) is 0 Å². The Bertz CT molecular complexity index is 682. The Hall–Kier alpha value is -1.93. The molecule has 1 unspecified atom stereocenters. The van der Waals surface area contributed by atoms with E-state index in [0.717, 1.165) is 19.3 Å². The average molecular weight is 389 g/mol. The quantitative estimate of drug-likeness (QED) is 0.651. The van der Waals surface area contributed by atoms with Gasteiger partial charge in [-0.2, -0.15) is 13.2 Å². The van der Waals surface area contributed by atoms with Crippen LogP contribution < -0.4 is 5.32 Å². The van der Waals surface area contributed by atoms with Crippen LogP contribution in [0.5, 0.6) is 0 Å². The van der Waals surface area contributed by atoms with E-state index in [0.29, 0.717) is 12.8 Å². The van der Waals surface area contributed by atoms with E-state index in [1.165, 1.54) is 24.3 Å². The van der Waals surface area contributed by atoms with Gasteiger partial charge in [-0.25, -0.2) is 4.39 Å². The summed E-state index contributed by atoms with van der Waals surface area (Å²) in [5.74, 6) is -2.81. The molecule has 4 nitrogen and oxygen atoms in total. The van der Waals surface area contributed by atoms with Crippen molar-refractivity contribution in [2.75, 3.05) is 6.54 Å². The van der Waals surface area contributed by atoms with Crippen molar-refractivity contribution in [1.82, 2.24) is 5.32 Å². The molecule has 3 N–H and O–H groups in total. The lowest BCUT2D eigenvalue weighted by Crippen LogP contribution is -2.37. The van der Waals surface area contributed by atoms with Crippen molar-refractivity contribution in [2.45, 2.75) is 56.4 Å². The summed E-state index contributed by atoms with van der Waals surface area (Å²) in [6.45, 7) is -0.446. The molecule has 0 bridgehead atoms. The maximum Gasteiger partial charge on any atom is 0.471 e. The summed E-state index contributed by atoms with van der Waals surface area (Å²) in [7, 11) is 0. The minimum absolute atomic E-state index is 0.0750. The van der Waals surface area contributed by atoms with E-state index in [1.54, 1.807) is 11.4 Å². The molecule has 1 aliphatic rings.